The summed E-state index contributed by atoms with van der Waals surface area (Å²) >= 11 is 0. The van der Waals surface area contributed by atoms with Crippen LogP contribution >= 0.6 is 0 Å². The van der Waals surface area contributed by atoms with E-state index in [1.54, 1.807) is 0 Å². The summed E-state index contributed by atoms with van der Waals surface area (Å²) in [6.45, 7) is 6.35. The SMILES string of the molecule is CC\C=C/C=C\C=C/C=C\CCCCCCCC(=O)OC(COC(=O)CCCCCC/C=C\C/C=C\C/C=C\CC)COC(=O)CCCCCCCCCCCCCCCCCC. The maximum Gasteiger partial charge on any atom is 0.306 e. The van der Waals surface area contributed by atoms with Gasteiger partial charge >= 0.3 is 17.9 Å². The highest BCUT2D eigenvalue weighted by Gasteiger charge is 2.19. The predicted molar refractivity (Wildman–Crippen MR) is 270 cm³/mol. The molecule has 0 radical (unpaired) electrons. The maximum absolute atomic E-state index is 12.8. The lowest BCUT2D eigenvalue weighted by Crippen LogP contribution is -2.30. The molecule has 0 rings (SSSR count). The van der Waals surface area contributed by atoms with Gasteiger partial charge in [0.2, 0.25) is 0 Å². The van der Waals surface area contributed by atoms with Gasteiger partial charge in [-0.3, -0.25) is 14.4 Å². The van der Waals surface area contributed by atoms with Crippen molar-refractivity contribution in [2.45, 2.75) is 245 Å². The molecule has 0 fully saturated rings. The van der Waals surface area contributed by atoms with E-state index in [-0.39, 0.29) is 31.1 Å². The quantitative estimate of drug-likeness (QED) is 0.0199. The van der Waals surface area contributed by atoms with Crippen LogP contribution in [0.5, 0.6) is 0 Å². The molecule has 63 heavy (non-hydrogen) atoms. The number of carbonyl (C=O) groups excluding carboxylic acids is 3. The summed E-state index contributed by atoms with van der Waals surface area (Å²) in [5.74, 6) is -0.937. The van der Waals surface area contributed by atoms with Gasteiger partial charge in [-0.1, -0.05) is 234 Å². The summed E-state index contributed by atoms with van der Waals surface area (Å²) in [5.41, 5.74) is 0. The van der Waals surface area contributed by atoms with E-state index in [1.165, 1.54) is 83.5 Å². The van der Waals surface area contributed by atoms with Crippen LogP contribution in [0.2, 0.25) is 0 Å². The van der Waals surface area contributed by atoms with Crippen LogP contribution in [0.25, 0.3) is 0 Å². The molecule has 0 N–H and O–H groups in total. The highest BCUT2D eigenvalue weighted by Crippen LogP contribution is 2.15. The van der Waals surface area contributed by atoms with Gasteiger partial charge in [0, 0.05) is 19.3 Å². The van der Waals surface area contributed by atoms with Crippen LogP contribution in [-0.2, 0) is 28.6 Å². The van der Waals surface area contributed by atoms with Gasteiger partial charge in [0.15, 0.2) is 6.10 Å². The lowest BCUT2D eigenvalue weighted by molar-refractivity contribution is -0.167. The zero-order valence-electron chi connectivity index (χ0n) is 41.1. The van der Waals surface area contributed by atoms with Crippen LogP contribution in [0.15, 0.2) is 85.1 Å². The highest BCUT2D eigenvalue weighted by atomic mass is 16.6. The first-order chi connectivity index (χ1) is 31.0. The largest absolute Gasteiger partial charge is 0.462 e. The Labute approximate surface area is 388 Å². The lowest BCUT2D eigenvalue weighted by Gasteiger charge is -2.18. The number of rotatable bonds is 46. The smallest absolute Gasteiger partial charge is 0.306 e. The molecule has 0 aliphatic carbocycles. The number of hydrogen-bond acceptors (Lipinski definition) is 6. The summed E-state index contributed by atoms with van der Waals surface area (Å²) in [7, 11) is 0. The van der Waals surface area contributed by atoms with E-state index in [4.69, 9.17) is 14.2 Å². The molecule has 0 aromatic carbocycles. The third-order valence-corrected chi connectivity index (χ3v) is 11.0. The summed E-state index contributed by atoms with van der Waals surface area (Å²) in [6.07, 6.45) is 65.6. The molecule has 0 aromatic rings. The predicted octanol–water partition coefficient (Wildman–Crippen LogP) is 17.2. The molecule has 0 saturated carbocycles. The molecule has 0 heterocycles. The fourth-order valence-electron chi connectivity index (χ4n) is 7.11. The number of allylic oxidation sites excluding steroid dienone is 14. The summed E-state index contributed by atoms with van der Waals surface area (Å²) in [5, 5.41) is 0. The normalized spacial score (nSPS) is 12.7. The first-order valence-electron chi connectivity index (χ1n) is 26.1. The summed E-state index contributed by atoms with van der Waals surface area (Å²) in [6, 6.07) is 0. The van der Waals surface area contributed by atoms with Gasteiger partial charge in [0.25, 0.3) is 0 Å². The number of unbranched alkanes of at least 4 members (excludes halogenated alkanes) is 24. The zero-order valence-corrected chi connectivity index (χ0v) is 41.1. The van der Waals surface area contributed by atoms with Crippen molar-refractivity contribution in [2.24, 2.45) is 0 Å². The number of hydrogen-bond donors (Lipinski definition) is 0. The van der Waals surface area contributed by atoms with Crippen molar-refractivity contribution in [3.05, 3.63) is 85.1 Å². The number of ether oxygens (including phenoxy) is 3. The van der Waals surface area contributed by atoms with Crippen LogP contribution in [0.1, 0.15) is 239 Å². The third kappa shape index (κ3) is 49.5. The van der Waals surface area contributed by atoms with Crippen LogP contribution in [0, 0.1) is 0 Å². The van der Waals surface area contributed by atoms with E-state index in [9.17, 15) is 14.4 Å². The van der Waals surface area contributed by atoms with Crippen molar-refractivity contribution < 1.29 is 28.6 Å². The van der Waals surface area contributed by atoms with Crippen molar-refractivity contribution in [2.75, 3.05) is 13.2 Å². The molecule has 6 nitrogen and oxygen atoms in total. The Hall–Kier alpha value is -3.41. The van der Waals surface area contributed by atoms with Crippen LogP contribution in [0.4, 0.5) is 0 Å². The Balaban J connectivity index is 4.44. The van der Waals surface area contributed by atoms with Crippen molar-refractivity contribution >= 4 is 17.9 Å². The highest BCUT2D eigenvalue weighted by molar-refractivity contribution is 5.71. The standard InChI is InChI=1S/C57H96O6/c1-4-7-10-13-16-19-22-25-28-30-32-35-38-41-44-47-50-56(59)62-53-54(52-61-55(58)49-46-43-40-37-34-31-27-24-21-18-15-12-9-6-3)63-57(60)51-48-45-42-39-36-33-29-26-23-20-17-14-11-8-5-2/h8-9,11-12,14,17-18,20-21,23,26-27,29,31,54H,4-7,10,13,15-16,19,22,24-25,28,30,32-53H2,1-3H3/b11-8-,12-9-,17-14-,21-18-,23-20-,29-26-,31-27-. The zero-order chi connectivity index (χ0) is 45.8. The van der Waals surface area contributed by atoms with E-state index in [0.29, 0.717) is 19.3 Å². The summed E-state index contributed by atoms with van der Waals surface area (Å²) in [4.78, 5) is 38.0. The molecule has 0 aliphatic heterocycles. The minimum Gasteiger partial charge on any atom is -0.462 e. The van der Waals surface area contributed by atoms with E-state index < -0.39 is 6.10 Å². The average molecular weight is 877 g/mol. The minimum atomic E-state index is -0.797. The van der Waals surface area contributed by atoms with E-state index >= 15 is 0 Å². The molecule has 0 aromatic heterocycles. The molecule has 1 unspecified atom stereocenters. The van der Waals surface area contributed by atoms with Crippen molar-refractivity contribution in [1.82, 2.24) is 0 Å². The minimum absolute atomic E-state index is 0.0924. The number of esters is 3. The topological polar surface area (TPSA) is 78.9 Å². The van der Waals surface area contributed by atoms with Gasteiger partial charge in [0.1, 0.15) is 13.2 Å². The Morgan fingerprint density at radius 3 is 1.16 bits per heavy atom. The molecular weight excluding hydrogens is 781 g/mol. The first kappa shape index (κ1) is 59.6. The molecular formula is C57H96O6. The number of carbonyl (C=O) groups is 3. The monoisotopic (exact) mass is 877 g/mol. The Morgan fingerprint density at radius 2 is 0.698 bits per heavy atom. The third-order valence-electron chi connectivity index (χ3n) is 11.0. The second-order valence-electron chi connectivity index (χ2n) is 17.1. The maximum atomic E-state index is 12.8. The Kier molecular flexibility index (Phi) is 48.5. The Morgan fingerprint density at radius 1 is 0.349 bits per heavy atom. The molecule has 360 valence electrons. The average Bonchev–Trinajstić information content (AvgIpc) is 3.28. The van der Waals surface area contributed by atoms with Crippen molar-refractivity contribution in [1.29, 1.82) is 0 Å². The molecule has 0 spiro atoms. The van der Waals surface area contributed by atoms with Gasteiger partial charge in [0.05, 0.1) is 0 Å². The van der Waals surface area contributed by atoms with Gasteiger partial charge in [-0.15, -0.1) is 0 Å². The second-order valence-corrected chi connectivity index (χ2v) is 17.1. The van der Waals surface area contributed by atoms with E-state index in [2.05, 4.69) is 87.6 Å². The second kappa shape index (κ2) is 51.2. The van der Waals surface area contributed by atoms with Crippen LogP contribution in [0.3, 0.4) is 0 Å². The molecule has 6 heteroatoms. The van der Waals surface area contributed by atoms with Crippen LogP contribution in [-0.4, -0.2) is 37.2 Å². The molecule has 1 atom stereocenters. The van der Waals surface area contributed by atoms with Gasteiger partial charge in [-0.25, -0.2) is 0 Å². The Bertz CT molecular complexity index is 1240. The fourth-order valence-corrected chi connectivity index (χ4v) is 7.11. The first-order valence-corrected chi connectivity index (χ1v) is 26.1. The van der Waals surface area contributed by atoms with Crippen molar-refractivity contribution in [3.8, 4) is 0 Å². The van der Waals surface area contributed by atoms with Crippen molar-refractivity contribution in [3.63, 3.8) is 0 Å². The lowest BCUT2D eigenvalue weighted by atomic mass is 10.0. The van der Waals surface area contributed by atoms with Crippen LogP contribution < -0.4 is 0 Å². The van der Waals surface area contributed by atoms with Gasteiger partial charge in [-0.05, 0) is 70.6 Å². The molecule has 0 aliphatic rings. The summed E-state index contributed by atoms with van der Waals surface area (Å²) < 4.78 is 16.8. The molecule has 0 saturated heterocycles. The molecule has 0 amide bonds. The van der Waals surface area contributed by atoms with E-state index in [0.717, 1.165) is 116 Å². The van der Waals surface area contributed by atoms with Gasteiger partial charge < -0.3 is 14.2 Å². The van der Waals surface area contributed by atoms with Gasteiger partial charge in [-0.2, -0.15) is 0 Å². The van der Waals surface area contributed by atoms with E-state index in [1.807, 2.05) is 18.2 Å². The fraction of sp³-hybridized carbons (Fsp3) is 0.702. The molecule has 0 bridgehead atoms.